The number of primary amides is 1. The Morgan fingerprint density at radius 3 is 2.68 bits per heavy atom. The van der Waals surface area contributed by atoms with Gasteiger partial charge in [0.2, 0.25) is 5.91 Å². The molecule has 1 amide bonds. The highest BCUT2D eigenvalue weighted by molar-refractivity contribution is 6.30. The quantitative estimate of drug-likeness (QED) is 0.805. The molecule has 0 aliphatic carbocycles. The summed E-state index contributed by atoms with van der Waals surface area (Å²) in [4.78, 5) is 13.2. The summed E-state index contributed by atoms with van der Waals surface area (Å²) in [6.45, 7) is 5.92. The maximum atomic E-state index is 11.2. The summed E-state index contributed by atoms with van der Waals surface area (Å²) < 4.78 is 0. The van der Waals surface area contributed by atoms with Crippen molar-refractivity contribution in [2.24, 2.45) is 11.7 Å². The van der Waals surface area contributed by atoms with Crippen molar-refractivity contribution >= 4 is 23.2 Å². The van der Waals surface area contributed by atoms with Crippen molar-refractivity contribution in [3.8, 4) is 0 Å². The number of rotatable bonds is 7. The number of anilines is 1. The molecule has 1 aromatic rings. The van der Waals surface area contributed by atoms with E-state index in [0.29, 0.717) is 17.5 Å². The molecule has 0 atom stereocenters. The molecule has 5 heteroatoms. The molecule has 0 fully saturated rings. The van der Waals surface area contributed by atoms with Gasteiger partial charge in [0.15, 0.2) is 0 Å². The van der Waals surface area contributed by atoms with Gasteiger partial charge in [0.05, 0.1) is 6.54 Å². The van der Waals surface area contributed by atoms with Gasteiger partial charge in [-0.1, -0.05) is 25.4 Å². The smallest absolute Gasteiger partial charge is 0.236 e. The number of carbonyl (C=O) groups excluding carboxylic acids is 1. The zero-order valence-electron chi connectivity index (χ0n) is 11.7. The van der Waals surface area contributed by atoms with E-state index in [1.165, 1.54) is 0 Å². The van der Waals surface area contributed by atoms with Crippen molar-refractivity contribution in [2.45, 2.75) is 20.4 Å². The van der Waals surface area contributed by atoms with Crippen LogP contribution in [0.1, 0.15) is 19.4 Å². The van der Waals surface area contributed by atoms with Gasteiger partial charge in [-0.15, -0.1) is 0 Å². The van der Waals surface area contributed by atoms with Crippen molar-refractivity contribution in [2.75, 3.05) is 25.0 Å². The van der Waals surface area contributed by atoms with Gasteiger partial charge in [-0.3, -0.25) is 4.79 Å². The lowest BCUT2D eigenvalue weighted by molar-refractivity contribution is -0.116. The van der Waals surface area contributed by atoms with Gasteiger partial charge in [-0.05, 0) is 36.7 Å². The van der Waals surface area contributed by atoms with Crippen molar-refractivity contribution in [1.82, 2.24) is 5.32 Å². The summed E-state index contributed by atoms with van der Waals surface area (Å²) in [6, 6.07) is 5.70. The fourth-order valence-electron chi connectivity index (χ4n) is 2.07. The first-order valence-corrected chi connectivity index (χ1v) is 6.78. The maximum Gasteiger partial charge on any atom is 0.236 e. The van der Waals surface area contributed by atoms with Crippen molar-refractivity contribution < 1.29 is 4.79 Å². The fourth-order valence-corrected chi connectivity index (χ4v) is 2.27. The van der Waals surface area contributed by atoms with Crippen LogP contribution in [-0.4, -0.2) is 26.0 Å². The van der Waals surface area contributed by atoms with Crippen LogP contribution >= 0.6 is 11.6 Å². The Balaban J connectivity index is 3.08. The Labute approximate surface area is 119 Å². The van der Waals surface area contributed by atoms with E-state index >= 15 is 0 Å². The molecule has 0 bridgehead atoms. The first-order valence-electron chi connectivity index (χ1n) is 6.40. The second kappa shape index (κ2) is 7.36. The predicted octanol–water partition coefficient (Wildman–Crippen LogP) is 2.01. The highest BCUT2D eigenvalue weighted by atomic mass is 35.5. The standard InChI is InChI=1S/C14H22ClN3O/c1-10(2)8-18(9-14(16)19)13-5-4-12(15)6-11(13)7-17-3/h4-6,10,17H,7-9H2,1-3H3,(H2,16,19). The molecule has 0 aliphatic heterocycles. The van der Waals surface area contributed by atoms with E-state index in [0.717, 1.165) is 17.8 Å². The minimum atomic E-state index is -0.328. The lowest BCUT2D eigenvalue weighted by Crippen LogP contribution is -2.37. The van der Waals surface area contributed by atoms with Gasteiger partial charge < -0.3 is 16.0 Å². The number of carbonyl (C=O) groups is 1. The number of nitrogens with two attached hydrogens (primary N) is 1. The highest BCUT2D eigenvalue weighted by Gasteiger charge is 2.15. The van der Waals surface area contributed by atoms with E-state index in [4.69, 9.17) is 17.3 Å². The van der Waals surface area contributed by atoms with Crippen LogP contribution < -0.4 is 16.0 Å². The third-order valence-electron chi connectivity index (χ3n) is 2.68. The normalized spacial score (nSPS) is 10.8. The summed E-state index contributed by atoms with van der Waals surface area (Å²) in [5, 5.41) is 3.80. The number of nitrogens with one attached hydrogen (secondary N) is 1. The van der Waals surface area contributed by atoms with Gasteiger partial charge in [-0.2, -0.15) is 0 Å². The minimum absolute atomic E-state index is 0.219. The van der Waals surface area contributed by atoms with Crippen LogP contribution in [-0.2, 0) is 11.3 Å². The third kappa shape index (κ3) is 5.09. The molecule has 0 heterocycles. The SMILES string of the molecule is CNCc1cc(Cl)ccc1N(CC(N)=O)CC(C)C. The molecule has 0 saturated heterocycles. The van der Waals surface area contributed by atoms with E-state index in [-0.39, 0.29) is 12.5 Å². The average molecular weight is 284 g/mol. The van der Waals surface area contributed by atoms with E-state index in [2.05, 4.69) is 19.2 Å². The van der Waals surface area contributed by atoms with Crippen LogP contribution in [0.3, 0.4) is 0 Å². The molecule has 106 valence electrons. The first-order chi connectivity index (χ1) is 8.93. The van der Waals surface area contributed by atoms with Gasteiger partial charge in [0.25, 0.3) is 0 Å². The lowest BCUT2D eigenvalue weighted by atomic mass is 10.1. The molecular formula is C14H22ClN3O. The molecule has 0 spiro atoms. The largest absolute Gasteiger partial charge is 0.368 e. The maximum absolute atomic E-state index is 11.2. The summed E-state index contributed by atoms with van der Waals surface area (Å²) in [7, 11) is 1.88. The molecule has 0 aromatic heterocycles. The van der Waals surface area contributed by atoms with Crippen LogP contribution in [0.4, 0.5) is 5.69 Å². The summed E-state index contributed by atoms with van der Waals surface area (Å²) in [5.74, 6) is 0.114. The van der Waals surface area contributed by atoms with Crippen LogP contribution in [0.5, 0.6) is 0 Å². The van der Waals surface area contributed by atoms with E-state index < -0.39 is 0 Å². The second-order valence-electron chi connectivity index (χ2n) is 5.04. The number of nitrogens with zero attached hydrogens (tertiary/aromatic N) is 1. The average Bonchev–Trinajstić information content (AvgIpc) is 2.27. The second-order valence-corrected chi connectivity index (χ2v) is 5.48. The monoisotopic (exact) mass is 283 g/mol. The fraction of sp³-hybridized carbons (Fsp3) is 0.500. The van der Waals surface area contributed by atoms with Crippen molar-refractivity contribution in [1.29, 1.82) is 0 Å². The minimum Gasteiger partial charge on any atom is -0.368 e. The Hall–Kier alpha value is -1.26. The Morgan fingerprint density at radius 2 is 2.16 bits per heavy atom. The predicted molar refractivity (Wildman–Crippen MR) is 80.5 cm³/mol. The number of amides is 1. The van der Waals surface area contributed by atoms with Crippen molar-refractivity contribution in [3.63, 3.8) is 0 Å². The van der Waals surface area contributed by atoms with Gasteiger partial charge in [-0.25, -0.2) is 0 Å². The zero-order chi connectivity index (χ0) is 14.4. The third-order valence-corrected chi connectivity index (χ3v) is 2.92. The van der Waals surface area contributed by atoms with Crippen molar-refractivity contribution in [3.05, 3.63) is 28.8 Å². The Bertz CT molecular complexity index is 435. The molecule has 1 rings (SSSR count). The molecule has 0 unspecified atom stereocenters. The lowest BCUT2D eigenvalue weighted by Gasteiger charge is -2.27. The molecule has 1 aromatic carbocycles. The van der Waals surface area contributed by atoms with Crippen LogP contribution in [0.25, 0.3) is 0 Å². The van der Waals surface area contributed by atoms with Crippen LogP contribution in [0.15, 0.2) is 18.2 Å². The summed E-state index contributed by atoms with van der Waals surface area (Å²) in [5.41, 5.74) is 7.41. The highest BCUT2D eigenvalue weighted by Crippen LogP contribution is 2.25. The molecule has 4 nitrogen and oxygen atoms in total. The number of halogens is 1. The van der Waals surface area contributed by atoms with Crippen LogP contribution in [0.2, 0.25) is 5.02 Å². The van der Waals surface area contributed by atoms with E-state index in [1.54, 1.807) is 0 Å². The van der Waals surface area contributed by atoms with Gasteiger partial charge >= 0.3 is 0 Å². The molecule has 3 N–H and O–H groups in total. The molecule has 0 aliphatic rings. The summed E-state index contributed by atoms with van der Waals surface area (Å²) >= 11 is 6.03. The molecule has 19 heavy (non-hydrogen) atoms. The van der Waals surface area contributed by atoms with E-state index in [1.807, 2.05) is 30.1 Å². The van der Waals surface area contributed by atoms with Crippen LogP contribution in [0, 0.1) is 5.92 Å². The number of hydrogen-bond acceptors (Lipinski definition) is 3. The zero-order valence-corrected chi connectivity index (χ0v) is 12.5. The summed E-state index contributed by atoms with van der Waals surface area (Å²) in [6.07, 6.45) is 0. The number of benzene rings is 1. The van der Waals surface area contributed by atoms with Gasteiger partial charge in [0, 0.05) is 23.8 Å². The van der Waals surface area contributed by atoms with Gasteiger partial charge in [0.1, 0.15) is 0 Å². The Morgan fingerprint density at radius 1 is 1.47 bits per heavy atom. The van der Waals surface area contributed by atoms with E-state index in [9.17, 15) is 4.79 Å². The molecular weight excluding hydrogens is 262 g/mol. The first kappa shape index (κ1) is 15.8. The topological polar surface area (TPSA) is 58.4 Å². The molecule has 0 saturated carbocycles. The number of hydrogen-bond donors (Lipinski definition) is 2. The molecule has 0 radical (unpaired) electrons. The Kier molecular flexibility index (Phi) is 6.12.